The maximum atomic E-state index is 12.3. The zero-order valence-electron chi connectivity index (χ0n) is 16.6. The van der Waals surface area contributed by atoms with Crippen molar-refractivity contribution in [3.05, 3.63) is 59.5 Å². The quantitative estimate of drug-likeness (QED) is 0.506. The first-order valence-electron chi connectivity index (χ1n) is 9.97. The summed E-state index contributed by atoms with van der Waals surface area (Å²) in [7, 11) is 0. The highest BCUT2D eigenvalue weighted by atomic mass is 32.2. The summed E-state index contributed by atoms with van der Waals surface area (Å²) < 4.78 is 0.913. The number of carbonyl (C=O) groups excluding carboxylic acids is 1. The van der Waals surface area contributed by atoms with Crippen LogP contribution in [0.15, 0.2) is 58.3 Å². The number of amides is 1. The fraction of sp³-hybridized carbons (Fsp3) is 0.304. The summed E-state index contributed by atoms with van der Waals surface area (Å²) >= 11 is 3.06. The zero-order chi connectivity index (χ0) is 20.1. The number of nitrogens with one attached hydrogen (secondary N) is 1. The minimum atomic E-state index is -0.00666. The van der Waals surface area contributed by atoms with Crippen molar-refractivity contribution in [2.75, 3.05) is 29.1 Å². The number of thiazole rings is 1. The average molecular weight is 424 g/mol. The summed E-state index contributed by atoms with van der Waals surface area (Å²) in [5, 5.41) is 5.03. The molecule has 150 valence electrons. The smallest absolute Gasteiger partial charge is 0.234 e. The highest BCUT2D eigenvalue weighted by Gasteiger charge is 2.12. The maximum Gasteiger partial charge on any atom is 0.234 e. The van der Waals surface area contributed by atoms with Crippen LogP contribution in [0, 0.1) is 6.92 Å². The molecule has 0 spiro atoms. The Kier molecular flexibility index (Phi) is 6.52. The minimum Gasteiger partial charge on any atom is -0.372 e. The third-order valence-corrected chi connectivity index (χ3v) is 7.05. The standard InChI is InChI=1S/C23H25N3OS2/c1-17-5-7-18(8-6-17)21-15-28-23(25-21)29-16-22(27)24-19-9-11-20(12-10-19)26-13-3-2-4-14-26/h5-12,15H,2-4,13-14,16H2,1H3,(H,24,27). The van der Waals surface area contributed by atoms with Gasteiger partial charge in [0.1, 0.15) is 0 Å². The van der Waals surface area contributed by atoms with Crippen molar-refractivity contribution in [3.63, 3.8) is 0 Å². The van der Waals surface area contributed by atoms with Crippen LogP contribution in [0.3, 0.4) is 0 Å². The van der Waals surface area contributed by atoms with Gasteiger partial charge in [-0.15, -0.1) is 11.3 Å². The largest absolute Gasteiger partial charge is 0.372 e. The molecule has 1 saturated heterocycles. The van der Waals surface area contributed by atoms with Gasteiger partial charge >= 0.3 is 0 Å². The highest BCUT2D eigenvalue weighted by molar-refractivity contribution is 8.01. The number of nitrogens with zero attached hydrogens (tertiary/aromatic N) is 2. The third-order valence-electron chi connectivity index (χ3n) is 5.03. The first-order chi connectivity index (χ1) is 14.2. The summed E-state index contributed by atoms with van der Waals surface area (Å²) in [5.41, 5.74) is 5.39. The summed E-state index contributed by atoms with van der Waals surface area (Å²) in [6, 6.07) is 16.5. The molecule has 1 amide bonds. The summed E-state index contributed by atoms with van der Waals surface area (Å²) in [4.78, 5) is 19.4. The second kappa shape index (κ2) is 9.46. The van der Waals surface area contributed by atoms with Crippen LogP contribution >= 0.6 is 23.1 Å². The van der Waals surface area contributed by atoms with E-state index in [4.69, 9.17) is 0 Å². The molecule has 29 heavy (non-hydrogen) atoms. The van der Waals surface area contributed by atoms with Crippen LogP contribution in [-0.4, -0.2) is 29.7 Å². The van der Waals surface area contributed by atoms with Crippen molar-refractivity contribution < 1.29 is 4.79 Å². The Morgan fingerprint density at radius 2 is 1.79 bits per heavy atom. The molecular formula is C23H25N3OS2. The third kappa shape index (κ3) is 5.40. The van der Waals surface area contributed by atoms with Gasteiger partial charge in [0.25, 0.3) is 0 Å². The molecule has 0 saturated carbocycles. The number of carbonyl (C=O) groups is 1. The SMILES string of the molecule is Cc1ccc(-c2csc(SCC(=O)Nc3ccc(N4CCCCC4)cc3)n2)cc1. The Morgan fingerprint density at radius 3 is 2.52 bits per heavy atom. The van der Waals surface area contributed by atoms with E-state index in [1.807, 2.05) is 17.5 Å². The highest BCUT2D eigenvalue weighted by Crippen LogP contribution is 2.28. The van der Waals surface area contributed by atoms with E-state index in [0.29, 0.717) is 5.75 Å². The number of hydrogen-bond donors (Lipinski definition) is 1. The van der Waals surface area contributed by atoms with Gasteiger partial charge in [0, 0.05) is 35.4 Å². The lowest BCUT2D eigenvalue weighted by Gasteiger charge is -2.28. The molecule has 1 aliphatic heterocycles. The lowest BCUT2D eigenvalue weighted by atomic mass is 10.1. The molecule has 0 radical (unpaired) electrons. The molecule has 1 fully saturated rings. The Morgan fingerprint density at radius 1 is 1.07 bits per heavy atom. The predicted molar refractivity (Wildman–Crippen MR) is 124 cm³/mol. The molecule has 3 aromatic rings. The molecule has 4 rings (SSSR count). The van der Waals surface area contributed by atoms with E-state index in [0.717, 1.165) is 34.4 Å². The fourth-order valence-electron chi connectivity index (χ4n) is 3.41. The topological polar surface area (TPSA) is 45.2 Å². The van der Waals surface area contributed by atoms with Crippen molar-refractivity contribution in [2.45, 2.75) is 30.5 Å². The molecule has 0 bridgehead atoms. The number of aromatic nitrogens is 1. The van der Waals surface area contributed by atoms with Crippen LogP contribution in [-0.2, 0) is 4.79 Å². The van der Waals surface area contributed by atoms with E-state index in [1.54, 1.807) is 11.3 Å². The first-order valence-corrected chi connectivity index (χ1v) is 11.8. The van der Waals surface area contributed by atoms with Gasteiger partial charge in [-0.05, 0) is 50.5 Å². The van der Waals surface area contributed by atoms with Crippen LogP contribution in [0.4, 0.5) is 11.4 Å². The van der Waals surface area contributed by atoms with E-state index >= 15 is 0 Å². The molecule has 1 aromatic heterocycles. The number of piperidine rings is 1. The first kappa shape index (κ1) is 20.0. The van der Waals surface area contributed by atoms with Crippen molar-refractivity contribution >= 4 is 40.4 Å². The molecule has 0 atom stereocenters. The molecule has 6 heteroatoms. The van der Waals surface area contributed by atoms with Gasteiger partial charge < -0.3 is 10.2 Å². The van der Waals surface area contributed by atoms with Gasteiger partial charge in [0.2, 0.25) is 5.91 Å². The van der Waals surface area contributed by atoms with Gasteiger partial charge in [-0.25, -0.2) is 4.98 Å². The van der Waals surface area contributed by atoms with Crippen molar-refractivity contribution in [2.24, 2.45) is 0 Å². The number of anilines is 2. The summed E-state index contributed by atoms with van der Waals surface area (Å²) in [6.07, 6.45) is 3.85. The summed E-state index contributed by atoms with van der Waals surface area (Å²) in [6.45, 7) is 4.33. The fourth-order valence-corrected chi connectivity index (χ4v) is 5.05. The van der Waals surface area contributed by atoms with Crippen LogP contribution in [0.1, 0.15) is 24.8 Å². The molecule has 0 unspecified atom stereocenters. The van der Waals surface area contributed by atoms with E-state index in [9.17, 15) is 4.79 Å². The number of rotatable bonds is 6. The second-order valence-corrected chi connectivity index (χ2v) is 9.38. The molecule has 0 aliphatic carbocycles. The number of hydrogen-bond acceptors (Lipinski definition) is 5. The van der Waals surface area contributed by atoms with Gasteiger partial charge in [0.05, 0.1) is 11.4 Å². The molecule has 4 nitrogen and oxygen atoms in total. The minimum absolute atomic E-state index is 0.00666. The molecule has 2 aromatic carbocycles. The number of thioether (sulfide) groups is 1. The van der Waals surface area contributed by atoms with Crippen molar-refractivity contribution in [3.8, 4) is 11.3 Å². The van der Waals surface area contributed by atoms with E-state index in [-0.39, 0.29) is 5.91 Å². The summed E-state index contributed by atoms with van der Waals surface area (Å²) in [5.74, 6) is 0.349. The molecule has 1 aliphatic rings. The van der Waals surface area contributed by atoms with Crippen LogP contribution in [0.2, 0.25) is 0 Å². The maximum absolute atomic E-state index is 12.3. The normalized spacial score (nSPS) is 14.0. The molecule has 2 heterocycles. The van der Waals surface area contributed by atoms with Crippen molar-refractivity contribution in [1.29, 1.82) is 0 Å². The second-order valence-electron chi connectivity index (χ2n) is 7.30. The lowest BCUT2D eigenvalue weighted by molar-refractivity contribution is -0.113. The Bertz CT molecular complexity index is 945. The Hall–Kier alpha value is -2.31. The molecule has 1 N–H and O–H groups in total. The average Bonchev–Trinajstić information content (AvgIpc) is 3.23. The zero-order valence-corrected chi connectivity index (χ0v) is 18.2. The monoisotopic (exact) mass is 423 g/mol. The van der Waals surface area contributed by atoms with Gasteiger partial charge in [-0.1, -0.05) is 41.6 Å². The Balaban J connectivity index is 1.28. The van der Waals surface area contributed by atoms with Gasteiger partial charge in [0.15, 0.2) is 4.34 Å². The molecular weight excluding hydrogens is 398 g/mol. The lowest BCUT2D eigenvalue weighted by Crippen LogP contribution is -2.29. The van der Waals surface area contributed by atoms with Gasteiger partial charge in [-0.2, -0.15) is 0 Å². The Labute approximate surface area is 180 Å². The van der Waals surface area contributed by atoms with Crippen LogP contribution in [0.25, 0.3) is 11.3 Å². The van der Waals surface area contributed by atoms with E-state index in [1.165, 1.54) is 42.3 Å². The van der Waals surface area contributed by atoms with E-state index < -0.39 is 0 Å². The number of benzene rings is 2. The van der Waals surface area contributed by atoms with Crippen molar-refractivity contribution in [1.82, 2.24) is 4.98 Å². The van der Waals surface area contributed by atoms with Gasteiger partial charge in [-0.3, -0.25) is 4.79 Å². The van der Waals surface area contributed by atoms with Crippen LogP contribution in [0.5, 0.6) is 0 Å². The van der Waals surface area contributed by atoms with E-state index in [2.05, 4.69) is 58.5 Å². The number of aryl methyl sites for hydroxylation is 1. The predicted octanol–water partition coefficient (Wildman–Crippen LogP) is 5.84. The van der Waals surface area contributed by atoms with Crippen LogP contribution < -0.4 is 10.2 Å².